The molecule has 2 N–H and O–H groups in total. The van der Waals surface area contributed by atoms with E-state index in [4.69, 9.17) is 4.52 Å². The minimum Gasteiger partial charge on any atom is -0.338 e. The number of aromatic nitrogens is 2. The third-order valence-electron chi connectivity index (χ3n) is 4.11. The summed E-state index contributed by atoms with van der Waals surface area (Å²) in [6, 6.07) is 14.4. The molecule has 8 heteroatoms. The van der Waals surface area contributed by atoms with E-state index in [0.29, 0.717) is 34.4 Å². The first-order chi connectivity index (χ1) is 14.2. The van der Waals surface area contributed by atoms with Crippen LogP contribution in [0.3, 0.4) is 0 Å². The van der Waals surface area contributed by atoms with Gasteiger partial charge in [-0.15, -0.1) is 11.8 Å². The van der Waals surface area contributed by atoms with Crippen LogP contribution in [0.15, 0.2) is 57.9 Å². The fourth-order valence-electron chi connectivity index (χ4n) is 2.51. The molecule has 2 aromatic carbocycles. The number of benzene rings is 2. The molecule has 156 valence electrons. The van der Waals surface area contributed by atoms with Gasteiger partial charge in [-0.25, -0.2) is 0 Å². The fourth-order valence-corrected chi connectivity index (χ4v) is 3.40. The number of carbonyl (C=O) groups excluding carboxylic acids is 2. The summed E-state index contributed by atoms with van der Waals surface area (Å²) in [4.78, 5) is 30.1. The lowest BCUT2D eigenvalue weighted by Gasteiger charge is -2.18. The number of aryl methyl sites for hydroxylation is 1. The molecule has 0 radical (unpaired) electrons. The number of anilines is 2. The largest absolute Gasteiger partial charge is 0.338 e. The molecule has 0 atom stereocenters. The van der Waals surface area contributed by atoms with Crippen LogP contribution in [0.5, 0.6) is 0 Å². The number of hydrogen-bond donors (Lipinski definition) is 2. The summed E-state index contributed by atoms with van der Waals surface area (Å²) in [5.41, 5.74) is 1.26. The van der Waals surface area contributed by atoms with Crippen LogP contribution in [0.25, 0.3) is 0 Å². The van der Waals surface area contributed by atoms with Gasteiger partial charge >= 0.3 is 0 Å². The molecule has 2 amide bonds. The lowest BCUT2D eigenvalue weighted by atomic mass is 9.95. The van der Waals surface area contributed by atoms with Gasteiger partial charge in [0.15, 0.2) is 5.82 Å². The number of nitrogens with one attached hydrogen (secondary N) is 2. The van der Waals surface area contributed by atoms with Crippen molar-refractivity contribution in [2.45, 2.75) is 38.3 Å². The van der Waals surface area contributed by atoms with Crippen LogP contribution in [-0.4, -0.2) is 22.0 Å². The average Bonchev–Trinajstić information content (AvgIpc) is 3.11. The normalized spacial score (nSPS) is 11.2. The van der Waals surface area contributed by atoms with E-state index in [9.17, 15) is 9.59 Å². The SMILES string of the molecule is Cc1noc(CSc2ccccc2C(=O)Nc2cccc(NC(=O)C(C)(C)C)c2)n1. The lowest BCUT2D eigenvalue weighted by Crippen LogP contribution is -2.27. The number of hydrogen-bond acceptors (Lipinski definition) is 6. The van der Waals surface area contributed by atoms with E-state index >= 15 is 0 Å². The Morgan fingerprint density at radius 2 is 1.73 bits per heavy atom. The van der Waals surface area contributed by atoms with Crippen LogP contribution in [0.4, 0.5) is 11.4 Å². The summed E-state index contributed by atoms with van der Waals surface area (Å²) in [6.07, 6.45) is 0. The third-order valence-corrected chi connectivity index (χ3v) is 5.17. The monoisotopic (exact) mass is 424 g/mol. The summed E-state index contributed by atoms with van der Waals surface area (Å²) in [6.45, 7) is 7.30. The lowest BCUT2D eigenvalue weighted by molar-refractivity contribution is -0.123. The zero-order chi connectivity index (χ0) is 21.7. The van der Waals surface area contributed by atoms with Gasteiger partial charge in [-0.05, 0) is 37.3 Å². The Kier molecular flexibility index (Phi) is 6.56. The zero-order valence-corrected chi connectivity index (χ0v) is 18.2. The Morgan fingerprint density at radius 1 is 1.03 bits per heavy atom. The van der Waals surface area contributed by atoms with Crippen molar-refractivity contribution in [1.82, 2.24) is 10.1 Å². The highest BCUT2D eigenvalue weighted by Crippen LogP contribution is 2.27. The maximum atomic E-state index is 12.9. The van der Waals surface area contributed by atoms with Crippen molar-refractivity contribution in [2.24, 2.45) is 5.41 Å². The Hall–Kier alpha value is -3.13. The molecule has 3 aromatic rings. The molecule has 7 nitrogen and oxygen atoms in total. The molecule has 1 aromatic heterocycles. The molecular formula is C22H24N4O3S. The van der Waals surface area contributed by atoms with Crippen molar-refractivity contribution in [1.29, 1.82) is 0 Å². The first-order valence-electron chi connectivity index (χ1n) is 9.46. The van der Waals surface area contributed by atoms with E-state index < -0.39 is 5.41 Å². The van der Waals surface area contributed by atoms with Gasteiger partial charge < -0.3 is 15.2 Å². The van der Waals surface area contributed by atoms with Crippen molar-refractivity contribution < 1.29 is 14.1 Å². The van der Waals surface area contributed by atoms with Crippen LogP contribution < -0.4 is 10.6 Å². The summed E-state index contributed by atoms with van der Waals surface area (Å²) in [5, 5.41) is 9.55. The predicted octanol–water partition coefficient (Wildman–Crippen LogP) is 4.91. The van der Waals surface area contributed by atoms with E-state index in [1.54, 1.807) is 37.3 Å². The average molecular weight is 425 g/mol. The minimum atomic E-state index is -0.508. The van der Waals surface area contributed by atoms with Crippen LogP contribution in [0, 0.1) is 12.3 Å². The van der Waals surface area contributed by atoms with Crippen LogP contribution in [0.1, 0.15) is 42.8 Å². The second kappa shape index (κ2) is 9.13. The van der Waals surface area contributed by atoms with Crippen molar-refractivity contribution in [2.75, 3.05) is 10.6 Å². The summed E-state index contributed by atoms with van der Waals surface area (Å²) in [5.74, 6) is 1.23. The molecule has 1 heterocycles. The van der Waals surface area contributed by atoms with Gasteiger partial charge in [-0.3, -0.25) is 9.59 Å². The van der Waals surface area contributed by atoms with E-state index in [1.807, 2.05) is 39.0 Å². The fraction of sp³-hybridized carbons (Fsp3) is 0.273. The van der Waals surface area contributed by atoms with Crippen molar-refractivity contribution in [3.05, 3.63) is 65.8 Å². The quantitative estimate of drug-likeness (QED) is 0.546. The van der Waals surface area contributed by atoms with E-state index in [-0.39, 0.29) is 11.8 Å². The molecule has 0 unspecified atom stereocenters. The van der Waals surface area contributed by atoms with E-state index in [0.717, 1.165) is 4.90 Å². The number of carbonyl (C=O) groups is 2. The minimum absolute atomic E-state index is 0.0935. The molecule has 30 heavy (non-hydrogen) atoms. The van der Waals surface area contributed by atoms with Gasteiger partial charge in [-0.1, -0.05) is 44.1 Å². The molecule has 0 aliphatic rings. The zero-order valence-electron chi connectivity index (χ0n) is 17.4. The third kappa shape index (κ3) is 5.70. The van der Waals surface area contributed by atoms with Crippen LogP contribution >= 0.6 is 11.8 Å². The molecule has 0 bridgehead atoms. The number of rotatable bonds is 6. The Morgan fingerprint density at radius 3 is 2.40 bits per heavy atom. The van der Waals surface area contributed by atoms with Gasteiger partial charge in [-0.2, -0.15) is 4.98 Å². The first kappa shape index (κ1) is 21.6. The number of thioether (sulfide) groups is 1. The van der Waals surface area contributed by atoms with Crippen LogP contribution in [-0.2, 0) is 10.5 Å². The van der Waals surface area contributed by atoms with Gasteiger partial charge in [0.2, 0.25) is 11.8 Å². The molecule has 0 aliphatic heterocycles. The molecule has 0 aliphatic carbocycles. The second-order valence-corrected chi connectivity index (χ2v) is 8.78. The Labute approximate surface area is 179 Å². The smallest absolute Gasteiger partial charge is 0.256 e. The summed E-state index contributed by atoms with van der Waals surface area (Å²) < 4.78 is 5.13. The highest BCUT2D eigenvalue weighted by atomic mass is 32.2. The van der Waals surface area contributed by atoms with Crippen molar-refractivity contribution in [3.63, 3.8) is 0 Å². The topological polar surface area (TPSA) is 97.1 Å². The van der Waals surface area contributed by atoms with Crippen LogP contribution in [0.2, 0.25) is 0 Å². The molecule has 3 rings (SSSR count). The highest BCUT2D eigenvalue weighted by molar-refractivity contribution is 7.98. The molecule has 0 saturated heterocycles. The Bertz CT molecular complexity index is 1060. The molecular weight excluding hydrogens is 400 g/mol. The highest BCUT2D eigenvalue weighted by Gasteiger charge is 2.21. The molecule has 0 saturated carbocycles. The predicted molar refractivity (Wildman–Crippen MR) is 118 cm³/mol. The van der Waals surface area contributed by atoms with Gasteiger partial charge in [0.05, 0.1) is 11.3 Å². The van der Waals surface area contributed by atoms with Gasteiger partial charge in [0, 0.05) is 21.7 Å². The maximum Gasteiger partial charge on any atom is 0.256 e. The maximum absolute atomic E-state index is 12.9. The standard InChI is InChI=1S/C22H24N4O3S/c1-14-23-19(29-26-14)13-30-18-11-6-5-10-17(18)20(27)24-15-8-7-9-16(12-15)25-21(28)22(2,3)4/h5-12H,13H2,1-4H3,(H,24,27)(H,25,28). The second-order valence-electron chi connectivity index (χ2n) is 7.76. The molecule has 0 spiro atoms. The van der Waals surface area contributed by atoms with Gasteiger partial charge in [0.25, 0.3) is 5.91 Å². The van der Waals surface area contributed by atoms with Crippen molar-refractivity contribution >= 4 is 35.0 Å². The summed E-state index contributed by atoms with van der Waals surface area (Å²) in [7, 11) is 0. The molecule has 0 fully saturated rings. The first-order valence-corrected chi connectivity index (χ1v) is 10.4. The van der Waals surface area contributed by atoms with Gasteiger partial charge in [0.1, 0.15) is 0 Å². The van der Waals surface area contributed by atoms with Crippen molar-refractivity contribution in [3.8, 4) is 0 Å². The number of amides is 2. The van der Waals surface area contributed by atoms with E-state index in [1.165, 1.54) is 11.8 Å². The number of nitrogens with zero attached hydrogens (tertiary/aromatic N) is 2. The van der Waals surface area contributed by atoms with E-state index in [2.05, 4.69) is 20.8 Å². The summed E-state index contributed by atoms with van der Waals surface area (Å²) >= 11 is 1.45. The Balaban J connectivity index is 1.70.